The van der Waals surface area contributed by atoms with E-state index in [2.05, 4.69) is 10.4 Å². The van der Waals surface area contributed by atoms with Crippen LogP contribution in [0.25, 0.3) is 5.69 Å². The van der Waals surface area contributed by atoms with Gasteiger partial charge in [0.2, 0.25) is 0 Å². The Morgan fingerprint density at radius 2 is 1.87 bits per heavy atom. The van der Waals surface area contributed by atoms with Crippen LogP contribution in [0, 0.1) is 0 Å². The van der Waals surface area contributed by atoms with Gasteiger partial charge < -0.3 is 11.1 Å². The average Bonchev–Trinajstić information content (AvgIpc) is 3.00. The number of amides is 1. The molecule has 1 aliphatic carbocycles. The third kappa shape index (κ3) is 4.47. The molecule has 1 aromatic heterocycles. The zero-order valence-corrected chi connectivity index (χ0v) is 14.2. The summed E-state index contributed by atoms with van der Waals surface area (Å²) in [4.78, 5) is 12.3. The summed E-state index contributed by atoms with van der Waals surface area (Å²) in [6.45, 7) is 0. The molecule has 0 unspecified atom stereocenters. The summed E-state index contributed by atoms with van der Waals surface area (Å²) < 4.78 is 1.67. The van der Waals surface area contributed by atoms with E-state index in [1.54, 1.807) is 29.2 Å². The fraction of sp³-hybridized carbons (Fsp3) is 0.375. The Labute approximate surface area is 146 Å². The second-order valence-electron chi connectivity index (χ2n) is 5.74. The first kappa shape index (κ1) is 17.8. The molecule has 0 radical (unpaired) electrons. The minimum Gasteiger partial charge on any atom is -0.349 e. The van der Waals surface area contributed by atoms with Crippen LogP contribution in [0.15, 0.2) is 36.7 Å². The first-order valence-electron chi connectivity index (χ1n) is 7.49. The van der Waals surface area contributed by atoms with E-state index in [-0.39, 0.29) is 30.4 Å². The van der Waals surface area contributed by atoms with Crippen LogP contribution in [0.3, 0.4) is 0 Å². The minimum absolute atomic E-state index is 0. The van der Waals surface area contributed by atoms with E-state index in [9.17, 15) is 4.79 Å². The van der Waals surface area contributed by atoms with Crippen molar-refractivity contribution in [3.05, 3.63) is 47.2 Å². The summed E-state index contributed by atoms with van der Waals surface area (Å²) in [7, 11) is 0. The predicted octanol–water partition coefficient (Wildman–Crippen LogP) is 2.95. The molecule has 1 saturated carbocycles. The monoisotopic (exact) mass is 354 g/mol. The van der Waals surface area contributed by atoms with Gasteiger partial charge in [-0.05, 0) is 49.9 Å². The Hall–Kier alpha value is -1.56. The minimum atomic E-state index is -0.0827. The normalized spacial score (nSPS) is 20.6. The van der Waals surface area contributed by atoms with Gasteiger partial charge in [0.05, 0.1) is 17.4 Å². The highest BCUT2D eigenvalue weighted by Crippen LogP contribution is 2.18. The first-order chi connectivity index (χ1) is 10.6. The maximum atomic E-state index is 12.3. The van der Waals surface area contributed by atoms with Gasteiger partial charge in [-0.15, -0.1) is 12.4 Å². The maximum absolute atomic E-state index is 12.3. The number of aromatic nitrogens is 2. The quantitative estimate of drug-likeness (QED) is 0.889. The van der Waals surface area contributed by atoms with Crippen molar-refractivity contribution in [2.45, 2.75) is 37.8 Å². The lowest BCUT2D eigenvalue weighted by Gasteiger charge is -2.26. The van der Waals surface area contributed by atoms with Crippen molar-refractivity contribution in [1.82, 2.24) is 15.1 Å². The van der Waals surface area contributed by atoms with Crippen LogP contribution in [0.2, 0.25) is 5.02 Å². The zero-order valence-electron chi connectivity index (χ0n) is 12.6. The number of hydrogen-bond acceptors (Lipinski definition) is 3. The summed E-state index contributed by atoms with van der Waals surface area (Å²) in [5.74, 6) is -0.0827. The fourth-order valence-corrected chi connectivity index (χ4v) is 2.83. The molecule has 1 heterocycles. The van der Waals surface area contributed by atoms with E-state index in [0.717, 1.165) is 31.4 Å². The van der Waals surface area contributed by atoms with Gasteiger partial charge in [0.15, 0.2) is 0 Å². The van der Waals surface area contributed by atoms with Gasteiger partial charge in [0, 0.05) is 23.3 Å². The first-order valence-corrected chi connectivity index (χ1v) is 7.86. The molecule has 0 aliphatic heterocycles. The van der Waals surface area contributed by atoms with Gasteiger partial charge in [0.25, 0.3) is 5.91 Å². The topological polar surface area (TPSA) is 72.9 Å². The van der Waals surface area contributed by atoms with Crippen molar-refractivity contribution in [1.29, 1.82) is 0 Å². The molecule has 1 fully saturated rings. The maximum Gasteiger partial charge on any atom is 0.254 e. The number of nitrogens with two attached hydrogens (primary N) is 1. The standard InChI is InChI=1S/C16H19ClN4O.ClH/c17-12-1-7-15(8-2-12)21-10-11(9-19-21)16(22)20-14-5-3-13(18)4-6-14;/h1-2,7-10,13-14H,3-6,18H2,(H,20,22);1H. The summed E-state index contributed by atoms with van der Waals surface area (Å²) in [5, 5.41) is 7.97. The van der Waals surface area contributed by atoms with E-state index in [1.807, 2.05) is 12.1 Å². The Kier molecular flexibility index (Phi) is 6.04. The average molecular weight is 355 g/mol. The Balaban J connectivity index is 0.00000192. The van der Waals surface area contributed by atoms with Crippen molar-refractivity contribution in [2.24, 2.45) is 5.73 Å². The molecule has 23 heavy (non-hydrogen) atoms. The third-order valence-electron chi connectivity index (χ3n) is 4.04. The molecular formula is C16H20Cl2N4O. The molecule has 124 valence electrons. The Bertz CT molecular complexity index is 648. The number of rotatable bonds is 3. The summed E-state index contributed by atoms with van der Waals surface area (Å²) in [6.07, 6.45) is 7.13. The predicted molar refractivity (Wildman–Crippen MR) is 93.5 cm³/mol. The number of nitrogens with one attached hydrogen (secondary N) is 1. The summed E-state index contributed by atoms with van der Waals surface area (Å²) in [6, 6.07) is 7.80. The Morgan fingerprint density at radius 3 is 2.52 bits per heavy atom. The molecule has 7 heteroatoms. The molecule has 5 nitrogen and oxygen atoms in total. The van der Waals surface area contributed by atoms with Gasteiger partial charge in [-0.3, -0.25) is 4.79 Å². The molecule has 2 aromatic rings. The van der Waals surface area contributed by atoms with Gasteiger partial charge in [-0.2, -0.15) is 5.10 Å². The van der Waals surface area contributed by atoms with Crippen molar-refractivity contribution >= 4 is 29.9 Å². The van der Waals surface area contributed by atoms with Crippen LogP contribution in [0.4, 0.5) is 0 Å². The second kappa shape index (κ2) is 7.81. The summed E-state index contributed by atoms with van der Waals surface area (Å²) >= 11 is 5.87. The molecule has 0 atom stereocenters. The number of carbonyl (C=O) groups is 1. The van der Waals surface area contributed by atoms with Gasteiger partial charge in [-0.1, -0.05) is 11.6 Å². The largest absolute Gasteiger partial charge is 0.349 e. The number of nitrogens with zero attached hydrogens (tertiary/aromatic N) is 2. The van der Waals surface area contributed by atoms with E-state index in [0.29, 0.717) is 10.6 Å². The van der Waals surface area contributed by atoms with E-state index < -0.39 is 0 Å². The lowest BCUT2D eigenvalue weighted by atomic mass is 9.92. The molecule has 3 rings (SSSR count). The lowest BCUT2D eigenvalue weighted by Crippen LogP contribution is -2.40. The van der Waals surface area contributed by atoms with Crippen LogP contribution in [0.1, 0.15) is 36.0 Å². The highest BCUT2D eigenvalue weighted by Gasteiger charge is 2.21. The number of benzene rings is 1. The van der Waals surface area contributed by atoms with Crippen LogP contribution < -0.4 is 11.1 Å². The third-order valence-corrected chi connectivity index (χ3v) is 4.29. The van der Waals surface area contributed by atoms with Gasteiger partial charge in [0.1, 0.15) is 0 Å². The molecule has 0 saturated heterocycles. The highest BCUT2D eigenvalue weighted by atomic mass is 35.5. The number of halogens is 2. The van der Waals surface area contributed by atoms with Gasteiger partial charge >= 0.3 is 0 Å². The highest BCUT2D eigenvalue weighted by molar-refractivity contribution is 6.30. The molecule has 0 spiro atoms. The molecule has 0 bridgehead atoms. The molecule has 1 aliphatic rings. The molecule has 1 amide bonds. The fourth-order valence-electron chi connectivity index (χ4n) is 2.71. The van der Waals surface area contributed by atoms with Crippen molar-refractivity contribution in [2.75, 3.05) is 0 Å². The van der Waals surface area contributed by atoms with Crippen molar-refractivity contribution in [3.63, 3.8) is 0 Å². The van der Waals surface area contributed by atoms with Crippen LogP contribution in [-0.4, -0.2) is 27.8 Å². The molecule has 1 aromatic carbocycles. The van der Waals surface area contributed by atoms with E-state index in [4.69, 9.17) is 17.3 Å². The van der Waals surface area contributed by atoms with E-state index >= 15 is 0 Å². The molecular weight excluding hydrogens is 335 g/mol. The second-order valence-corrected chi connectivity index (χ2v) is 6.17. The SMILES string of the molecule is Cl.NC1CCC(NC(=O)c2cnn(-c3ccc(Cl)cc3)c2)CC1. The number of carbonyl (C=O) groups excluding carboxylic acids is 1. The molecule has 3 N–H and O–H groups in total. The van der Waals surface area contributed by atoms with Crippen LogP contribution >= 0.6 is 24.0 Å². The zero-order chi connectivity index (χ0) is 15.5. The van der Waals surface area contributed by atoms with Crippen molar-refractivity contribution in [3.8, 4) is 5.69 Å². The van der Waals surface area contributed by atoms with E-state index in [1.165, 1.54) is 0 Å². The smallest absolute Gasteiger partial charge is 0.254 e. The van der Waals surface area contributed by atoms with Crippen molar-refractivity contribution < 1.29 is 4.79 Å². The Morgan fingerprint density at radius 1 is 1.22 bits per heavy atom. The van der Waals surface area contributed by atoms with Crippen LogP contribution in [-0.2, 0) is 0 Å². The van der Waals surface area contributed by atoms with Gasteiger partial charge in [-0.25, -0.2) is 4.68 Å². The summed E-state index contributed by atoms with van der Waals surface area (Å²) in [5.41, 5.74) is 7.31. The van der Waals surface area contributed by atoms with Crippen LogP contribution in [0.5, 0.6) is 0 Å². The number of hydrogen-bond donors (Lipinski definition) is 2. The lowest BCUT2D eigenvalue weighted by molar-refractivity contribution is 0.0926.